The Hall–Kier alpha value is -0.0700. The van der Waals surface area contributed by atoms with Crippen molar-refractivity contribution in [1.29, 1.82) is 0 Å². The largest absolute Gasteiger partial charge is 0.394 e. The van der Waals surface area contributed by atoms with Gasteiger partial charge in [0, 0.05) is 13.2 Å². The summed E-state index contributed by atoms with van der Waals surface area (Å²) in [6, 6.07) is 0. The Morgan fingerprint density at radius 1 is 0.958 bits per heavy atom. The van der Waals surface area contributed by atoms with Gasteiger partial charge in [0.25, 0.3) is 0 Å². The van der Waals surface area contributed by atoms with Crippen molar-refractivity contribution in [3.05, 3.63) is 0 Å². The van der Waals surface area contributed by atoms with E-state index >= 15 is 0 Å². The summed E-state index contributed by atoms with van der Waals surface area (Å²) < 4.78 is 48.8. The van der Waals surface area contributed by atoms with Gasteiger partial charge in [0.2, 0.25) is 0 Å². The Morgan fingerprint density at radius 2 is 1.50 bits per heavy atom. The van der Waals surface area contributed by atoms with Gasteiger partial charge in [0.15, 0.2) is 0 Å². The molecule has 0 heterocycles. The van der Waals surface area contributed by atoms with Gasteiger partial charge in [-0.1, -0.05) is 52.4 Å². The van der Waals surface area contributed by atoms with Crippen molar-refractivity contribution in [2.75, 3.05) is 19.8 Å². The average Bonchev–Trinajstić information content (AvgIpc) is 2.48. The summed E-state index contributed by atoms with van der Waals surface area (Å²) >= 11 is 0. The van der Waals surface area contributed by atoms with E-state index in [1.165, 1.54) is 0 Å². The summed E-state index contributed by atoms with van der Waals surface area (Å²) in [6.07, 6.45) is 5.78. The zero-order valence-electron chi connectivity index (χ0n) is 14.9. The van der Waals surface area contributed by atoms with Crippen LogP contribution in [0.15, 0.2) is 0 Å². The molecule has 0 aromatic heterocycles. The predicted octanol–water partition coefficient (Wildman–Crippen LogP) is 4.71. The summed E-state index contributed by atoms with van der Waals surface area (Å²) in [5.41, 5.74) is -4.09. The minimum Gasteiger partial charge on any atom is -0.379 e. The molecule has 0 aromatic rings. The third-order valence-electron chi connectivity index (χ3n) is 3.70. The third-order valence-corrected chi connectivity index (χ3v) is 4.73. The number of unbranched alkanes of at least 4 members (excludes halogenated alkanes) is 6. The van der Waals surface area contributed by atoms with E-state index in [-0.39, 0.29) is 6.61 Å². The van der Waals surface area contributed by atoms with E-state index in [1.54, 1.807) is 0 Å². The van der Waals surface area contributed by atoms with Crippen molar-refractivity contribution in [2.45, 2.75) is 83.4 Å². The molecule has 0 fully saturated rings. The average molecular weight is 374 g/mol. The Morgan fingerprint density at radius 3 is 2.00 bits per heavy atom. The normalized spacial score (nSPS) is 14.1. The number of hydrogen-bond donors (Lipinski definition) is 2. The van der Waals surface area contributed by atoms with Crippen LogP contribution in [0.4, 0.5) is 8.78 Å². The fourth-order valence-electron chi connectivity index (χ4n) is 2.18. The first-order valence-electron chi connectivity index (χ1n) is 8.87. The summed E-state index contributed by atoms with van der Waals surface area (Å²) in [5, 5.41) is 0. The molecule has 2 N–H and O–H groups in total. The Kier molecular flexibility index (Phi) is 13.1. The van der Waals surface area contributed by atoms with E-state index < -0.39 is 25.8 Å². The number of rotatable bonds is 16. The first-order chi connectivity index (χ1) is 11.2. The van der Waals surface area contributed by atoms with Crippen molar-refractivity contribution in [3.8, 4) is 0 Å². The fourth-order valence-corrected chi connectivity index (χ4v) is 2.62. The first-order valence-corrected chi connectivity index (χ1v) is 10.5. The molecule has 146 valence electrons. The quantitative estimate of drug-likeness (QED) is 0.302. The van der Waals surface area contributed by atoms with Gasteiger partial charge in [-0.3, -0.25) is 4.57 Å². The van der Waals surface area contributed by atoms with Crippen LogP contribution in [0, 0.1) is 0 Å². The molecule has 0 saturated carbocycles. The van der Waals surface area contributed by atoms with Gasteiger partial charge in [-0.25, -0.2) is 0 Å². The third kappa shape index (κ3) is 11.5. The van der Waals surface area contributed by atoms with Crippen molar-refractivity contribution < 1.29 is 32.6 Å². The number of ether oxygens (including phenoxy) is 2. The van der Waals surface area contributed by atoms with Gasteiger partial charge in [-0.15, -0.1) is 0 Å². The van der Waals surface area contributed by atoms with Crippen LogP contribution in [-0.2, 0) is 14.0 Å². The molecule has 0 radical (unpaired) electrons. The second kappa shape index (κ2) is 13.2. The SMILES string of the molecule is CCCCCCOC[C@@H](CC(F)(F)P(=O)(O)O)OCCCCCC. The monoisotopic (exact) mass is 374 g/mol. The maximum atomic E-state index is 13.6. The van der Waals surface area contributed by atoms with Gasteiger partial charge in [-0.05, 0) is 12.8 Å². The van der Waals surface area contributed by atoms with Crippen LogP contribution < -0.4 is 0 Å². The van der Waals surface area contributed by atoms with Crippen LogP contribution in [-0.4, -0.2) is 41.4 Å². The molecule has 0 aliphatic heterocycles. The summed E-state index contributed by atoms with van der Waals surface area (Å²) in [5.74, 6) is 0. The van der Waals surface area contributed by atoms with Crippen LogP contribution in [0.25, 0.3) is 0 Å². The molecular weight excluding hydrogens is 341 g/mol. The lowest BCUT2D eigenvalue weighted by molar-refractivity contribution is -0.0650. The molecule has 8 heteroatoms. The number of alkyl halides is 2. The smallest absolute Gasteiger partial charge is 0.379 e. The van der Waals surface area contributed by atoms with Crippen molar-refractivity contribution >= 4 is 7.60 Å². The van der Waals surface area contributed by atoms with Crippen LogP contribution in [0.1, 0.15) is 71.6 Å². The molecule has 0 amide bonds. The second-order valence-electron chi connectivity index (χ2n) is 6.10. The van der Waals surface area contributed by atoms with Crippen LogP contribution in [0.2, 0.25) is 0 Å². The van der Waals surface area contributed by atoms with Gasteiger partial charge < -0.3 is 19.3 Å². The van der Waals surface area contributed by atoms with Crippen LogP contribution in [0.3, 0.4) is 0 Å². The summed E-state index contributed by atoms with van der Waals surface area (Å²) in [6.45, 7) is 4.82. The van der Waals surface area contributed by atoms with E-state index in [4.69, 9.17) is 19.3 Å². The molecular formula is C16H33F2O5P. The fraction of sp³-hybridized carbons (Fsp3) is 1.00. The highest BCUT2D eigenvalue weighted by Crippen LogP contribution is 2.55. The zero-order valence-corrected chi connectivity index (χ0v) is 15.8. The highest BCUT2D eigenvalue weighted by Gasteiger charge is 2.50. The van der Waals surface area contributed by atoms with Gasteiger partial charge in [0.05, 0.1) is 19.1 Å². The molecule has 1 atom stereocenters. The van der Waals surface area contributed by atoms with Gasteiger partial charge in [0.1, 0.15) is 0 Å². The second-order valence-corrected chi connectivity index (χ2v) is 7.85. The minimum absolute atomic E-state index is 0.0739. The summed E-state index contributed by atoms with van der Waals surface area (Å²) in [7, 11) is -5.49. The molecule has 0 aromatic carbocycles. The van der Waals surface area contributed by atoms with Crippen molar-refractivity contribution in [1.82, 2.24) is 0 Å². The maximum absolute atomic E-state index is 13.6. The maximum Gasteiger partial charge on any atom is 0.394 e. The molecule has 0 aliphatic carbocycles. The number of hydrogen-bond acceptors (Lipinski definition) is 3. The molecule has 24 heavy (non-hydrogen) atoms. The van der Waals surface area contributed by atoms with E-state index in [0.717, 1.165) is 51.4 Å². The van der Waals surface area contributed by atoms with E-state index in [2.05, 4.69) is 13.8 Å². The molecule has 0 spiro atoms. The van der Waals surface area contributed by atoms with E-state index in [0.29, 0.717) is 13.2 Å². The lowest BCUT2D eigenvalue weighted by atomic mass is 10.2. The zero-order chi connectivity index (χ0) is 18.5. The van der Waals surface area contributed by atoms with Crippen molar-refractivity contribution in [2.24, 2.45) is 0 Å². The first kappa shape index (κ1) is 23.9. The predicted molar refractivity (Wildman–Crippen MR) is 90.5 cm³/mol. The van der Waals surface area contributed by atoms with E-state index in [1.807, 2.05) is 0 Å². The van der Waals surface area contributed by atoms with Crippen LogP contribution in [0.5, 0.6) is 0 Å². The van der Waals surface area contributed by atoms with Crippen molar-refractivity contribution in [3.63, 3.8) is 0 Å². The summed E-state index contributed by atoms with van der Waals surface area (Å²) in [4.78, 5) is 17.5. The Bertz CT molecular complexity index is 349. The van der Waals surface area contributed by atoms with Gasteiger partial charge in [-0.2, -0.15) is 8.78 Å². The van der Waals surface area contributed by atoms with Crippen LogP contribution >= 0.6 is 7.60 Å². The van der Waals surface area contributed by atoms with E-state index in [9.17, 15) is 13.3 Å². The highest BCUT2D eigenvalue weighted by atomic mass is 31.2. The lowest BCUT2D eigenvalue weighted by Crippen LogP contribution is -2.30. The molecule has 0 saturated heterocycles. The topological polar surface area (TPSA) is 76.0 Å². The molecule has 0 bridgehead atoms. The Balaban J connectivity index is 4.30. The Labute approximate surface area is 144 Å². The molecule has 0 unspecified atom stereocenters. The molecule has 5 nitrogen and oxygen atoms in total. The number of halogens is 2. The highest BCUT2D eigenvalue weighted by molar-refractivity contribution is 7.53. The minimum atomic E-state index is -5.49. The molecule has 0 aliphatic rings. The standard InChI is InChI=1S/C16H33F2O5P/c1-3-5-7-9-11-22-14-15(23-12-10-8-6-4-2)13-16(17,18)24(19,20)21/h15H,3-14H2,1-2H3,(H2,19,20,21)/t15-/m1/s1. The van der Waals surface area contributed by atoms with Gasteiger partial charge >= 0.3 is 13.3 Å². The lowest BCUT2D eigenvalue weighted by Gasteiger charge is -2.24. The molecule has 0 rings (SSSR count).